The van der Waals surface area contributed by atoms with Crippen molar-refractivity contribution in [3.05, 3.63) is 76.9 Å². The van der Waals surface area contributed by atoms with Crippen molar-refractivity contribution in [2.45, 2.75) is 11.9 Å². The van der Waals surface area contributed by atoms with Crippen LogP contribution in [0.1, 0.15) is 5.69 Å². The molecular formula is C22H15ClF2N4OS2. The van der Waals surface area contributed by atoms with Crippen molar-refractivity contribution in [1.29, 1.82) is 0 Å². The number of nitrogens with zero attached hydrogens (tertiary/aromatic N) is 3. The largest absolute Gasteiger partial charge is 0.325 e. The van der Waals surface area contributed by atoms with Gasteiger partial charge in [-0.25, -0.2) is 13.8 Å². The van der Waals surface area contributed by atoms with Crippen molar-refractivity contribution in [3.8, 4) is 21.1 Å². The summed E-state index contributed by atoms with van der Waals surface area (Å²) in [5.41, 5.74) is 2.73. The maximum atomic E-state index is 13.2. The molecule has 0 aliphatic rings. The monoisotopic (exact) mass is 488 g/mol. The molecule has 0 atom stereocenters. The number of rotatable bonds is 6. The number of amides is 1. The summed E-state index contributed by atoms with van der Waals surface area (Å²) in [7, 11) is 0. The van der Waals surface area contributed by atoms with Gasteiger partial charge in [-0.2, -0.15) is 0 Å². The highest BCUT2D eigenvalue weighted by Crippen LogP contribution is 2.34. The molecule has 0 aliphatic heterocycles. The van der Waals surface area contributed by atoms with Crippen LogP contribution >= 0.6 is 34.7 Å². The van der Waals surface area contributed by atoms with Crippen molar-refractivity contribution in [1.82, 2.24) is 15.2 Å². The first-order chi connectivity index (χ1) is 15.4. The molecule has 0 radical (unpaired) electrons. The molecule has 162 valence electrons. The van der Waals surface area contributed by atoms with Gasteiger partial charge in [0.1, 0.15) is 27.4 Å². The van der Waals surface area contributed by atoms with Crippen molar-refractivity contribution >= 4 is 46.3 Å². The molecule has 0 saturated heterocycles. The molecule has 2 aromatic heterocycles. The first-order valence-electron chi connectivity index (χ1n) is 9.34. The van der Waals surface area contributed by atoms with Crippen molar-refractivity contribution in [3.63, 3.8) is 0 Å². The molecular weight excluding hydrogens is 474 g/mol. The first-order valence-corrected chi connectivity index (χ1v) is 11.5. The Morgan fingerprint density at radius 2 is 1.88 bits per heavy atom. The van der Waals surface area contributed by atoms with Crippen LogP contribution in [0.4, 0.5) is 14.5 Å². The Morgan fingerprint density at radius 1 is 1.09 bits per heavy atom. The molecule has 0 spiro atoms. The van der Waals surface area contributed by atoms with Crippen LogP contribution in [0.25, 0.3) is 21.1 Å². The van der Waals surface area contributed by atoms with Gasteiger partial charge >= 0.3 is 0 Å². The highest BCUT2D eigenvalue weighted by atomic mass is 35.5. The summed E-state index contributed by atoms with van der Waals surface area (Å²) >= 11 is 8.40. The number of aromatic nitrogens is 3. The van der Waals surface area contributed by atoms with Crippen molar-refractivity contribution < 1.29 is 13.6 Å². The molecule has 0 aliphatic carbocycles. The molecule has 0 bridgehead atoms. The molecule has 5 nitrogen and oxygen atoms in total. The molecule has 10 heteroatoms. The van der Waals surface area contributed by atoms with Gasteiger partial charge < -0.3 is 5.32 Å². The molecule has 0 unspecified atom stereocenters. The maximum absolute atomic E-state index is 13.2. The predicted octanol–water partition coefficient (Wildman–Crippen LogP) is 6.24. The zero-order valence-electron chi connectivity index (χ0n) is 16.6. The number of thiazole rings is 1. The van der Waals surface area contributed by atoms with Gasteiger partial charge in [0.25, 0.3) is 0 Å². The summed E-state index contributed by atoms with van der Waals surface area (Å²) in [5, 5.41) is 12.4. The fraction of sp³-hybridized carbons (Fsp3) is 0.0909. The average molecular weight is 489 g/mol. The lowest BCUT2D eigenvalue weighted by atomic mass is 10.2. The summed E-state index contributed by atoms with van der Waals surface area (Å²) in [6, 6.07) is 13.8. The third-order valence-corrected chi connectivity index (χ3v) is 6.75. The Balaban J connectivity index is 1.39. The highest BCUT2D eigenvalue weighted by molar-refractivity contribution is 7.99. The lowest BCUT2D eigenvalue weighted by molar-refractivity contribution is -0.113. The van der Waals surface area contributed by atoms with Crippen LogP contribution < -0.4 is 5.32 Å². The number of aryl methyl sites for hydroxylation is 1. The smallest absolute Gasteiger partial charge is 0.234 e. The molecule has 0 saturated carbocycles. The molecule has 4 rings (SSSR count). The second-order valence-electron chi connectivity index (χ2n) is 6.66. The quantitative estimate of drug-likeness (QED) is 0.325. The molecule has 2 heterocycles. The minimum absolute atomic E-state index is 0.0575. The van der Waals surface area contributed by atoms with Crippen molar-refractivity contribution in [2.24, 2.45) is 0 Å². The van der Waals surface area contributed by atoms with Gasteiger partial charge in [0.2, 0.25) is 5.91 Å². The Bertz CT molecular complexity index is 1260. The molecule has 0 fully saturated rings. The fourth-order valence-corrected chi connectivity index (χ4v) is 4.61. The number of nitrogens with one attached hydrogen (secondary N) is 1. The van der Waals surface area contributed by atoms with E-state index in [4.69, 9.17) is 11.6 Å². The van der Waals surface area contributed by atoms with E-state index in [2.05, 4.69) is 20.5 Å². The number of halogens is 3. The second kappa shape index (κ2) is 9.72. The van der Waals surface area contributed by atoms with Gasteiger partial charge in [-0.15, -0.1) is 21.5 Å². The fourth-order valence-electron chi connectivity index (χ4n) is 2.78. The van der Waals surface area contributed by atoms with Gasteiger partial charge in [0, 0.05) is 11.3 Å². The van der Waals surface area contributed by atoms with Crippen LogP contribution in [-0.4, -0.2) is 26.8 Å². The molecule has 1 amide bonds. The minimum atomic E-state index is -0.546. The number of carbonyl (C=O) groups excluding carboxylic acids is 1. The van der Waals surface area contributed by atoms with E-state index in [0.29, 0.717) is 16.4 Å². The van der Waals surface area contributed by atoms with E-state index < -0.39 is 5.82 Å². The van der Waals surface area contributed by atoms with E-state index in [1.54, 1.807) is 18.2 Å². The van der Waals surface area contributed by atoms with Crippen LogP contribution in [0.2, 0.25) is 5.02 Å². The number of hydrogen-bond donors (Lipinski definition) is 1. The summed E-state index contributed by atoms with van der Waals surface area (Å²) in [4.78, 5) is 17.6. The van der Waals surface area contributed by atoms with E-state index in [-0.39, 0.29) is 22.5 Å². The van der Waals surface area contributed by atoms with Crippen LogP contribution in [0.5, 0.6) is 0 Å². The van der Waals surface area contributed by atoms with Gasteiger partial charge in [-0.05, 0) is 61.5 Å². The normalized spacial score (nSPS) is 10.9. The van der Waals surface area contributed by atoms with E-state index in [9.17, 15) is 13.6 Å². The zero-order valence-corrected chi connectivity index (χ0v) is 19.0. The number of anilines is 1. The molecule has 1 N–H and O–H groups in total. The Kier molecular flexibility index (Phi) is 6.78. The number of benzene rings is 2. The Labute approximate surface area is 195 Å². The average Bonchev–Trinajstić information content (AvgIpc) is 3.17. The number of carbonyl (C=O) groups is 1. The summed E-state index contributed by atoms with van der Waals surface area (Å²) in [5.74, 6) is -1.00. The van der Waals surface area contributed by atoms with E-state index in [1.807, 2.05) is 13.0 Å². The molecule has 32 heavy (non-hydrogen) atoms. The second-order valence-corrected chi connectivity index (χ2v) is 9.06. The van der Waals surface area contributed by atoms with E-state index in [1.165, 1.54) is 53.4 Å². The van der Waals surface area contributed by atoms with Crippen LogP contribution in [0, 0.1) is 18.6 Å². The topological polar surface area (TPSA) is 67.8 Å². The summed E-state index contributed by atoms with van der Waals surface area (Å²) in [6.07, 6.45) is 0. The zero-order chi connectivity index (χ0) is 22.7. The summed E-state index contributed by atoms with van der Waals surface area (Å²) < 4.78 is 26.4. The third-order valence-electron chi connectivity index (χ3n) is 4.31. The summed E-state index contributed by atoms with van der Waals surface area (Å²) in [6.45, 7) is 1.88. The van der Waals surface area contributed by atoms with Crippen molar-refractivity contribution in [2.75, 3.05) is 11.1 Å². The van der Waals surface area contributed by atoms with Crippen LogP contribution in [-0.2, 0) is 4.79 Å². The van der Waals surface area contributed by atoms with Crippen LogP contribution in [0.15, 0.2) is 59.6 Å². The first kappa shape index (κ1) is 22.3. The lowest BCUT2D eigenvalue weighted by Gasteiger charge is -2.06. The SMILES string of the molecule is Cc1nc(-c2ccc(F)cc2)sc1-c1ccc(SCC(=O)Nc2ccc(F)c(Cl)c2)nn1. The highest BCUT2D eigenvalue weighted by Gasteiger charge is 2.14. The number of thioether (sulfide) groups is 1. The number of hydrogen-bond acceptors (Lipinski definition) is 6. The van der Waals surface area contributed by atoms with Gasteiger partial charge in [-0.1, -0.05) is 23.4 Å². The van der Waals surface area contributed by atoms with Gasteiger partial charge in [0.15, 0.2) is 0 Å². The Hall–Kier alpha value is -2.88. The molecule has 4 aromatic rings. The minimum Gasteiger partial charge on any atom is -0.325 e. The van der Waals surface area contributed by atoms with Crippen LogP contribution in [0.3, 0.4) is 0 Å². The lowest BCUT2D eigenvalue weighted by Crippen LogP contribution is -2.14. The standard InChI is InChI=1S/C22H15ClF2N4OS2/c1-12-21(32-22(26-12)13-2-4-14(24)5-3-13)18-8-9-20(29-28-18)31-11-19(30)27-15-6-7-17(25)16(23)10-15/h2-10H,11H2,1H3,(H,27,30). The predicted molar refractivity (Wildman–Crippen MR) is 124 cm³/mol. The third kappa shape index (κ3) is 5.29. The maximum Gasteiger partial charge on any atom is 0.234 e. The van der Waals surface area contributed by atoms with Gasteiger partial charge in [0.05, 0.1) is 21.3 Å². The van der Waals surface area contributed by atoms with E-state index >= 15 is 0 Å². The van der Waals surface area contributed by atoms with Gasteiger partial charge in [-0.3, -0.25) is 4.79 Å². The Morgan fingerprint density at radius 3 is 2.56 bits per heavy atom. The van der Waals surface area contributed by atoms with E-state index in [0.717, 1.165) is 21.1 Å². The molecule has 2 aromatic carbocycles.